The predicted octanol–water partition coefficient (Wildman–Crippen LogP) is 1.30. The summed E-state index contributed by atoms with van der Waals surface area (Å²) in [6.45, 7) is 0. The van der Waals surface area contributed by atoms with Crippen molar-refractivity contribution in [1.82, 2.24) is 4.98 Å². The van der Waals surface area contributed by atoms with Crippen LogP contribution in [0.2, 0.25) is 0 Å². The highest BCUT2D eigenvalue weighted by atomic mass is 16.3. The van der Waals surface area contributed by atoms with E-state index >= 15 is 0 Å². The molecule has 0 fully saturated rings. The molecule has 0 aliphatic rings. The van der Waals surface area contributed by atoms with Crippen LogP contribution in [-0.4, -0.2) is 22.0 Å². The van der Waals surface area contributed by atoms with Gasteiger partial charge in [-0.15, -0.1) is 0 Å². The molecule has 19 heavy (non-hydrogen) atoms. The quantitative estimate of drug-likeness (QED) is 0.770. The Morgan fingerprint density at radius 2 is 2.00 bits per heavy atom. The lowest BCUT2D eigenvalue weighted by Gasteiger charge is -2.12. The van der Waals surface area contributed by atoms with E-state index in [9.17, 15) is 9.90 Å². The van der Waals surface area contributed by atoms with E-state index < -0.39 is 6.04 Å². The van der Waals surface area contributed by atoms with Gasteiger partial charge in [-0.1, -0.05) is 30.3 Å². The minimum atomic E-state index is -0.691. The summed E-state index contributed by atoms with van der Waals surface area (Å²) in [5.41, 5.74) is 6.81. The molecule has 2 aromatic rings. The van der Waals surface area contributed by atoms with Crippen LogP contribution in [0.4, 0.5) is 5.82 Å². The normalized spacial score (nSPS) is 11.8. The summed E-state index contributed by atoms with van der Waals surface area (Å²) in [4.78, 5) is 15.8. The van der Waals surface area contributed by atoms with Crippen molar-refractivity contribution < 1.29 is 9.90 Å². The highest BCUT2D eigenvalue weighted by Gasteiger charge is 2.15. The lowest BCUT2D eigenvalue weighted by Crippen LogP contribution is -2.37. The lowest BCUT2D eigenvalue weighted by molar-refractivity contribution is -0.117. The van der Waals surface area contributed by atoms with E-state index in [4.69, 9.17) is 5.73 Å². The number of anilines is 1. The number of nitrogens with zero attached hydrogens (tertiary/aromatic N) is 1. The van der Waals surface area contributed by atoms with Crippen LogP contribution in [0.25, 0.3) is 0 Å². The van der Waals surface area contributed by atoms with Gasteiger partial charge in [-0.3, -0.25) is 4.79 Å². The molecule has 4 N–H and O–H groups in total. The maximum absolute atomic E-state index is 11.9. The molecular weight excluding hydrogens is 242 g/mol. The maximum atomic E-state index is 11.9. The van der Waals surface area contributed by atoms with Gasteiger partial charge in [0.1, 0.15) is 0 Å². The molecule has 5 nitrogen and oxygen atoms in total. The van der Waals surface area contributed by atoms with E-state index in [0.29, 0.717) is 6.42 Å². The zero-order chi connectivity index (χ0) is 13.7. The Morgan fingerprint density at radius 1 is 1.26 bits per heavy atom. The third-order valence-corrected chi connectivity index (χ3v) is 2.66. The molecule has 0 aliphatic heterocycles. The molecule has 1 unspecified atom stereocenters. The van der Waals surface area contributed by atoms with Crippen molar-refractivity contribution in [2.24, 2.45) is 5.73 Å². The number of amides is 1. The zero-order valence-electron chi connectivity index (χ0n) is 10.3. The molecule has 0 bridgehead atoms. The van der Waals surface area contributed by atoms with Gasteiger partial charge in [-0.25, -0.2) is 4.98 Å². The summed E-state index contributed by atoms with van der Waals surface area (Å²) >= 11 is 0. The third-order valence-electron chi connectivity index (χ3n) is 2.66. The Labute approximate surface area is 111 Å². The molecule has 1 amide bonds. The summed E-state index contributed by atoms with van der Waals surface area (Å²) in [6, 6.07) is 11.8. The molecular formula is C14H15N3O2. The lowest BCUT2D eigenvalue weighted by atomic mass is 10.1. The van der Waals surface area contributed by atoms with Crippen LogP contribution >= 0.6 is 0 Å². The van der Waals surface area contributed by atoms with Crippen LogP contribution < -0.4 is 11.1 Å². The Hall–Kier alpha value is -2.40. The Kier molecular flexibility index (Phi) is 4.10. The molecule has 98 valence electrons. The van der Waals surface area contributed by atoms with Gasteiger partial charge >= 0.3 is 0 Å². The van der Waals surface area contributed by atoms with Crippen molar-refractivity contribution in [3.63, 3.8) is 0 Å². The van der Waals surface area contributed by atoms with Crippen molar-refractivity contribution in [2.45, 2.75) is 12.5 Å². The molecule has 5 heteroatoms. The molecule has 1 atom stereocenters. The first-order valence-corrected chi connectivity index (χ1v) is 5.91. The van der Waals surface area contributed by atoms with Gasteiger partial charge in [0.05, 0.1) is 6.04 Å². The first-order chi connectivity index (χ1) is 9.16. The summed E-state index contributed by atoms with van der Waals surface area (Å²) in [5.74, 6) is -0.336. The minimum Gasteiger partial charge on any atom is -0.504 e. The highest BCUT2D eigenvalue weighted by molar-refractivity contribution is 5.95. The van der Waals surface area contributed by atoms with Gasteiger partial charge in [0.15, 0.2) is 11.6 Å². The molecule has 1 aromatic heterocycles. The number of pyridine rings is 1. The smallest absolute Gasteiger partial charge is 0.242 e. The molecule has 1 heterocycles. The monoisotopic (exact) mass is 257 g/mol. The van der Waals surface area contributed by atoms with Gasteiger partial charge in [0, 0.05) is 6.20 Å². The number of carbonyl (C=O) groups is 1. The number of carbonyl (C=O) groups excluding carboxylic acids is 1. The van der Waals surface area contributed by atoms with E-state index in [0.717, 1.165) is 5.56 Å². The number of benzene rings is 1. The average Bonchev–Trinajstić information content (AvgIpc) is 2.42. The molecule has 0 spiro atoms. The van der Waals surface area contributed by atoms with Crippen LogP contribution in [0.3, 0.4) is 0 Å². The Bertz CT molecular complexity index is 558. The van der Waals surface area contributed by atoms with E-state index in [1.807, 2.05) is 30.3 Å². The highest BCUT2D eigenvalue weighted by Crippen LogP contribution is 2.18. The number of aromatic nitrogens is 1. The van der Waals surface area contributed by atoms with E-state index in [1.165, 1.54) is 12.3 Å². The SMILES string of the molecule is NC(Cc1ccccc1)C(=O)Nc1ncccc1O. The van der Waals surface area contributed by atoms with E-state index in [-0.39, 0.29) is 17.5 Å². The van der Waals surface area contributed by atoms with Gasteiger partial charge in [-0.2, -0.15) is 0 Å². The largest absolute Gasteiger partial charge is 0.504 e. The molecule has 0 aliphatic carbocycles. The van der Waals surface area contributed by atoms with Crippen LogP contribution in [0, 0.1) is 0 Å². The van der Waals surface area contributed by atoms with Crippen LogP contribution in [0.15, 0.2) is 48.7 Å². The fourth-order valence-electron chi connectivity index (χ4n) is 1.66. The zero-order valence-corrected chi connectivity index (χ0v) is 10.3. The number of nitrogens with two attached hydrogens (primary N) is 1. The van der Waals surface area contributed by atoms with Gasteiger partial charge in [-0.05, 0) is 24.1 Å². The fourth-order valence-corrected chi connectivity index (χ4v) is 1.66. The molecule has 0 radical (unpaired) electrons. The number of rotatable bonds is 4. The third kappa shape index (κ3) is 3.53. The van der Waals surface area contributed by atoms with Crippen LogP contribution in [0.1, 0.15) is 5.56 Å². The molecule has 1 aromatic carbocycles. The predicted molar refractivity (Wildman–Crippen MR) is 72.7 cm³/mol. The average molecular weight is 257 g/mol. The first kappa shape index (κ1) is 13.0. The van der Waals surface area contributed by atoms with Crippen molar-refractivity contribution >= 4 is 11.7 Å². The van der Waals surface area contributed by atoms with Gasteiger partial charge < -0.3 is 16.2 Å². The van der Waals surface area contributed by atoms with Crippen LogP contribution in [0.5, 0.6) is 5.75 Å². The second-order valence-electron chi connectivity index (χ2n) is 4.16. The second kappa shape index (κ2) is 5.97. The molecule has 2 rings (SSSR count). The molecule has 0 saturated carbocycles. The van der Waals surface area contributed by atoms with Crippen molar-refractivity contribution in [2.75, 3.05) is 5.32 Å². The number of nitrogens with one attached hydrogen (secondary N) is 1. The van der Waals surface area contributed by atoms with Gasteiger partial charge in [0.2, 0.25) is 5.91 Å². The van der Waals surface area contributed by atoms with Crippen molar-refractivity contribution in [3.8, 4) is 5.75 Å². The second-order valence-corrected chi connectivity index (χ2v) is 4.16. The number of hydrogen-bond acceptors (Lipinski definition) is 4. The molecule has 0 saturated heterocycles. The minimum absolute atomic E-state index is 0.0808. The van der Waals surface area contributed by atoms with E-state index in [1.54, 1.807) is 6.07 Å². The fraction of sp³-hybridized carbons (Fsp3) is 0.143. The van der Waals surface area contributed by atoms with Crippen LogP contribution in [-0.2, 0) is 11.2 Å². The summed E-state index contributed by atoms with van der Waals surface area (Å²) in [7, 11) is 0. The topological polar surface area (TPSA) is 88.2 Å². The van der Waals surface area contributed by atoms with E-state index in [2.05, 4.69) is 10.3 Å². The van der Waals surface area contributed by atoms with Crippen molar-refractivity contribution in [1.29, 1.82) is 0 Å². The Morgan fingerprint density at radius 3 is 2.68 bits per heavy atom. The maximum Gasteiger partial charge on any atom is 0.242 e. The summed E-state index contributed by atoms with van der Waals surface area (Å²) in [5, 5.41) is 12.0. The standard InChI is InChI=1S/C14H15N3O2/c15-11(9-10-5-2-1-3-6-10)14(19)17-13-12(18)7-4-8-16-13/h1-8,11,18H,9,15H2,(H,16,17,19). The number of hydrogen-bond donors (Lipinski definition) is 3. The number of aromatic hydroxyl groups is 1. The van der Waals surface area contributed by atoms with Gasteiger partial charge in [0.25, 0.3) is 0 Å². The summed E-state index contributed by atoms with van der Waals surface area (Å²) < 4.78 is 0. The Balaban J connectivity index is 1.99. The first-order valence-electron chi connectivity index (χ1n) is 5.91. The summed E-state index contributed by atoms with van der Waals surface area (Å²) in [6.07, 6.45) is 1.92. The van der Waals surface area contributed by atoms with Crippen molar-refractivity contribution in [3.05, 3.63) is 54.2 Å².